The second-order valence-corrected chi connectivity index (χ2v) is 4.21. The zero-order valence-corrected chi connectivity index (χ0v) is 9.19. The Bertz CT molecular complexity index is 309. The predicted molar refractivity (Wildman–Crippen MR) is 60.8 cm³/mol. The van der Waals surface area contributed by atoms with Gasteiger partial charge in [0, 0.05) is 13.1 Å². The minimum Gasteiger partial charge on any atom is -0.355 e. The van der Waals surface area contributed by atoms with Crippen molar-refractivity contribution in [3.8, 4) is 0 Å². The molecule has 1 aliphatic heterocycles. The first kappa shape index (κ1) is 10.4. The lowest BCUT2D eigenvalue weighted by molar-refractivity contribution is 0.546. The first-order chi connectivity index (χ1) is 7.29. The standard InChI is InChI=1S/C11H18N4/c1-9-2-3-11(14-13-9)15-7-5-10(8-15)4-6-12/h2-3,10H,4-8,12H2,1H3. The van der Waals surface area contributed by atoms with Crippen LogP contribution in [0.2, 0.25) is 0 Å². The number of aromatic nitrogens is 2. The molecule has 0 aromatic carbocycles. The van der Waals surface area contributed by atoms with E-state index in [9.17, 15) is 0 Å². The number of anilines is 1. The van der Waals surface area contributed by atoms with Crippen LogP contribution in [0.3, 0.4) is 0 Å². The molecule has 1 fully saturated rings. The largest absolute Gasteiger partial charge is 0.355 e. The summed E-state index contributed by atoms with van der Waals surface area (Å²) in [4.78, 5) is 2.30. The summed E-state index contributed by atoms with van der Waals surface area (Å²) >= 11 is 0. The van der Waals surface area contributed by atoms with Crippen LogP contribution in [0, 0.1) is 12.8 Å². The first-order valence-electron chi connectivity index (χ1n) is 5.55. The Morgan fingerprint density at radius 2 is 2.33 bits per heavy atom. The van der Waals surface area contributed by atoms with E-state index in [-0.39, 0.29) is 0 Å². The number of nitrogens with two attached hydrogens (primary N) is 1. The van der Waals surface area contributed by atoms with Gasteiger partial charge in [0.25, 0.3) is 0 Å². The van der Waals surface area contributed by atoms with Crippen LogP contribution >= 0.6 is 0 Å². The summed E-state index contributed by atoms with van der Waals surface area (Å²) in [5.74, 6) is 1.73. The van der Waals surface area contributed by atoms with E-state index in [0.29, 0.717) is 0 Å². The Labute approximate surface area is 90.5 Å². The van der Waals surface area contributed by atoms with Crippen molar-refractivity contribution in [3.63, 3.8) is 0 Å². The summed E-state index contributed by atoms with van der Waals surface area (Å²) in [5.41, 5.74) is 6.53. The fourth-order valence-electron chi connectivity index (χ4n) is 2.07. The summed E-state index contributed by atoms with van der Waals surface area (Å²) in [5, 5.41) is 8.28. The molecule has 1 unspecified atom stereocenters. The normalized spacial score (nSPS) is 20.9. The molecule has 15 heavy (non-hydrogen) atoms. The van der Waals surface area contributed by atoms with Crippen LogP contribution in [0.5, 0.6) is 0 Å². The maximum Gasteiger partial charge on any atom is 0.151 e. The van der Waals surface area contributed by atoms with Crippen LogP contribution < -0.4 is 10.6 Å². The fourth-order valence-corrected chi connectivity index (χ4v) is 2.07. The van der Waals surface area contributed by atoms with Crippen molar-refractivity contribution >= 4 is 5.82 Å². The van der Waals surface area contributed by atoms with E-state index in [4.69, 9.17) is 5.73 Å². The number of rotatable bonds is 3. The average molecular weight is 206 g/mol. The highest BCUT2D eigenvalue weighted by molar-refractivity contribution is 5.38. The predicted octanol–water partition coefficient (Wildman–Crippen LogP) is 0.960. The lowest BCUT2D eigenvalue weighted by Gasteiger charge is -2.16. The van der Waals surface area contributed by atoms with Crippen molar-refractivity contribution in [2.45, 2.75) is 19.8 Å². The first-order valence-corrected chi connectivity index (χ1v) is 5.55. The maximum atomic E-state index is 5.57. The summed E-state index contributed by atoms with van der Waals surface area (Å²) in [6.07, 6.45) is 2.35. The average Bonchev–Trinajstić information content (AvgIpc) is 2.68. The van der Waals surface area contributed by atoms with Gasteiger partial charge in [-0.25, -0.2) is 0 Å². The molecule has 1 aromatic rings. The summed E-state index contributed by atoms with van der Waals surface area (Å²) in [6, 6.07) is 4.06. The van der Waals surface area contributed by atoms with Crippen molar-refractivity contribution in [1.29, 1.82) is 0 Å². The molecule has 0 saturated carbocycles. The fraction of sp³-hybridized carbons (Fsp3) is 0.636. The van der Waals surface area contributed by atoms with E-state index < -0.39 is 0 Å². The molecule has 4 heteroatoms. The quantitative estimate of drug-likeness (QED) is 0.800. The molecule has 1 atom stereocenters. The third-order valence-electron chi connectivity index (χ3n) is 2.97. The Morgan fingerprint density at radius 1 is 1.47 bits per heavy atom. The molecular formula is C11H18N4. The smallest absolute Gasteiger partial charge is 0.151 e. The van der Waals surface area contributed by atoms with Crippen LogP contribution in [0.4, 0.5) is 5.82 Å². The van der Waals surface area contributed by atoms with E-state index >= 15 is 0 Å². The van der Waals surface area contributed by atoms with Crippen LogP contribution in [0.25, 0.3) is 0 Å². The topological polar surface area (TPSA) is 55.0 Å². The number of hydrogen-bond donors (Lipinski definition) is 1. The van der Waals surface area contributed by atoms with Gasteiger partial charge in [0.05, 0.1) is 5.69 Å². The lowest BCUT2D eigenvalue weighted by atomic mass is 10.1. The number of aryl methyl sites for hydroxylation is 1. The number of hydrogen-bond acceptors (Lipinski definition) is 4. The van der Waals surface area contributed by atoms with Crippen molar-refractivity contribution in [1.82, 2.24) is 10.2 Å². The van der Waals surface area contributed by atoms with Gasteiger partial charge >= 0.3 is 0 Å². The summed E-state index contributed by atoms with van der Waals surface area (Å²) in [7, 11) is 0. The summed E-state index contributed by atoms with van der Waals surface area (Å²) < 4.78 is 0. The van der Waals surface area contributed by atoms with Crippen LogP contribution in [-0.2, 0) is 0 Å². The second-order valence-electron chi connectivity index (χ2n) is 4.21. The third kappa shape index (κ3) is 2.45. The molecule has 0 aliphatic carbocycles. The zero-order chi connectivity index (χ0) is 10.7. The molecule has 4 nitrogen and oxygen atoms in total. The highest BCUT2D eigenvalue weighted by atomic mass is 15.3. The van der Waals surface area contributed by atoms with Crippen LogP contribution in [-0.4, -0.2) is 29.8 Å². The van der Waals surface area contributed by atoms with Gasteiger partial charge in [-0.2, -0.15) is 5.10 Å². The molecule has 1 aromatic heterocycles. The molecule has 0 spiro atoms. The second kappa shape index (κ2) is 4.57. The highest BCUT2D eigenvalue weighted by Crippen LogP contribution is 2.23. The van der Waals surface area contributed by atoms with Crippen molar-refractivity contribution < 1.29 is 0 Å². The van der Waals surface area contributed by atoms with E-state index in [1.54, 1.807) is 0 Å². The van der Waals surface area contributed by atoms with Gasteiger partial charge < -0.3 is 10.6 Å². The highest BCUT2D eigenvalue weighted by Gasteiger charge is 2.22. The third-order valence-corrected chi connectivity index (χ3v) is 2.97. The molecule has 2 heterocycles. The SMILES string of the molecule is Cc1ccc(N2CCC(CCN)C2)nn1. The van der Waals surface area contributed by atoms with Crippen molar-refractivity contribution in [3.05, 3.63) is 17.8 Å². The Kier molecular flexibility index (Phi) is 3.16. The number of nitrogens with zero attached hydrogens (tertiary/aromatic N) is 3. The van der Waals surface area contributed by atoms with E-state index in [1.807, 2.05) is 19.1 Å². The van der Waals surface area contributed by atoms with Crippen molar-refractivity contribution in [2.24, 2.45) is 11.7 Å². The lowest BCUT2D eigenvalue weighted by Crippen LogP contribution is -2.21. The van der Waals surface area contributed by atoms with Gasteiger partial charge in [0.2, 0.25) is 0 Å². The molecule has 1 saturated heterocycles. The van der Waals surface area contributed by atoms with Gasteiger partial charge in [-0.3, -0.25) is 0 Å². The van der Waals surface area contributed by atoms with Crippen molar-refractivity contribution in [2.75, 3.05) is 24.5 Å². The van der Waals surface area contributed by atoms with Crippen LogP contribution in [0.1, 0.15) is 18.5 Å². The Morgan fingerprint density at radius 3 is 3.00 bits per heavy atom. The Balaban J connectivity index is 1.98. The molecule has 0 radical (unpaired) electrons. The van der Waals surface area contributed by atoms with Gasteiger partial charge in [0.15, 0.2) is 5.82 Å². The minimum atomic E-state index is 0.734. The summed E-state index contributed by atoms with van der Waals surface area (Å²) in [6.45, 7) is 4.91. The van der Waals surface area contributed by atoms with Gasteiger partial charge in [-0.1, -0.05) is 0 Å². The maximum absolute atomic E-state index is 5.57. The van der Waals surface area contributed by atoms with Crippen LogP contribution in [0.15, 0.2) is 12.1 Å². The minimum absolute atomic E-state index is 0.734. The van der Waals surface area contributed by atoms with Gasteiger partial charge in [-0.15, -0.1) is 5.10 Å². The monoisotopic (exact) mass is 206 g/mol. The van der Waals surface area contributed by atoms with Gasteiger partial charge in [0.1, 0.15) is 0 Å². The molecule has 1 aliphatic rings. The van der Waals surface area contributed by atoms with Gasteiger partial charge in [-0.05, 0) is 44.4 Å². The molecule has 2 rings (SSSR count). The van der Waals surface area contributed by atoms with E-state index in [0.717, 1.165) is 43.5 Å². The Hall–Kier alpha value is -1.16. The molecule has 82 valence electrons. The molecule has 0 amide bonds. The molecule has 0 bridgehead atoms. The molecular weight excluding hydrogens is 188 g/mol. The van der Waals surface area contributed by atoms with E-state index in [1.165, 1.54) is 6.42 Å². The molecule has 2 N–H and O–H groups in total. The van der Waals surface area contributed by atoms with E-state index in [2.05, 4.69) is 15.1 Å². The zero-order valence-electron chi connectivity index (χ0n) is 9.19.